The lowest BCUT2D eigenvalue weighted by Crippen LogP contribution is -2.01. The fourth-order valence-electron chi connectivity index (χ4n) is 6.88. The minimum absolute atomic E-state index is 0.640. The lowest BCUT2D eigenvalue weighted by Gasteiger charge is -2.13. The monoisotopic (exact) mass is 642 g/mol. The highest BCUT2D eigenvalue weighted by Crippen LogP contribution is 2.38. The van der Waals surface area contributed by atoms with Crippen LogP contribution >= 0.6 is 11.3 Å². The third kappa shape index (κ3) is 4.74. The Balaban J connectivity index is 1.18. The molecule has 0 aliphatic carbocycles. The van der Waals surface area contributed by atoms with Crippen LogP contribution in [0.4, 0.5) is 0 Å². The van der Waals surface area contributed by atoms with Gasteiger partial charge in [0.15, 0.2) is 17.5 Å². The smallest absolute Gasteiger partial charge is 0.164 e. The van der Waals surface area contributed by atoms with Crippen molar-refractivity contribution >= 4 is 64.6 Å². The van der Waals surface area contributed by atoms with Gasteiger partial charge in [-0.2, -0.15) is 0 Å². The van der Waals surface area contributed by atoms with Crippen molar-refractivity contribution in [3.8, 4) is 44.7 Å². The van der Waals surface area contributed by atoms with E-state index in [2.05, 4.69) is 152 Å². The Labute approximate surface area is 286 Å². The predicted octanol–water partition coefficient (Wildman–Crippen LogP) is 11.8. The summed E-state index contributed by atoms with van der Waals surface area (Å²) in [5.41, 5.74) is 5.02. The second-order valence-corrected chi connectivity index (χ2v) is 13.3. The number of hydrogen-bond acceptors (Lipinski definition) is 5. The number of fused-ring (bicyclic) bond motifs is 7. The lowest BCUT2D eigenvalue weighted by molar-refractivity contribution is 1.08. The van der Waals surface area contributed by atoms with E-state index in [1.54, 1.807) is 11.3 Å². The summed E-state index contributed by atoms with van der Waals surface area (Å²) >= 11 is 1.73. The fraction of sp³-hybridized carbons (Fsp3) is 0. The van der Waals surface area contributed by atoms with E-state index in [1.807, 2.05) is 6.07 Å². The topological polar surface area (TPSA) is 51.6 Å². The van der Waals surface area contributed by atoms with Gasteiger partial charge in [-0.05, 0) is 62.0 Å². The van der Waals surface area contributed by atoms with E-state index < -0.39 is 0 Å². The minimum atomic E-state index is 0.640. The van der Waals surface area contributed by atoms with Crippen LogP contribution in [-0.2, 0) is 0 Å². The van der Waals surface area contributed by atoms with Crippen LogP contribution in [0.1, 0.15) is 0 Å². The average Bonchev–Trinajstić information content (AvgIpc) is 3.63. The van der Waals surface area contributed by atoms with E-state index >= 15 is 0 Å². The van der Waals surface area contributed by atoms with E-state index in [4.69, 9.17) is 19.9 Å². The van der Waals surface area contributed by atoms with Gasteiger partial charge in [0.2, 0.25) is 0 Å². The van der Waals surface area contributed by atoms with E-state index in [9.17, 15) is 0 Å². The summed E-state index contributed by atoms with van der Waals surface area (Å²) in [6.07, 6.45) is 0. The lowest BCUT2D eigenvalue weighted by atomic mass is 9.97. The van der Waals surface area contributed by atoms with Crippen molar-refractivity contribution in [2.45, 2.75) is 0 Å². The van der Waals surface area contributed by atoms with E-state index in [1.165, 1.54) is 26.2 Å². The molecule has 0 amide bonds. The van der Waals surface area contributed by atoms with Crippen LogP contribution in [0, 0.1) is 0 Å². The first-order valence-electron chi connectivity index (χ1n) is 16.3. The zero-order valence-electron chi connectivity index (χ0n) is 26.2. The van der Waals surface area contributed by atoms with Crippen molar-refractivity contribution in [1.29, 1.82) is 0 Å². The number of nitrogens with zero attached hydrogens (tertiary/aromatic N) is 4. The van der Waals surface area contributed by atoms with Crippen LogP contribution in [0.25, 0.3) is 98.0 Å². The van der Waals surface area contributed by atoms with E-state index in [0.29, 0.717) is 17.5 Å². The molecule has 49 heavy (non-hydrogen) atoms. The third-order valence-corrected chi connectivity index (χ3v) is 10.5. The molecule has 2 aromatic heterocycles. The Kier molecular flexibility index (Phi) is 6.32. The molecule has 5 heteroatoms. The number of rotatable bonds is 4. The number of benzene rings is 8. The fourth-order valence-corrected chi connectivity index (χ4v) is 7.98. The molecule has 4 nitrogen and oxygen atoms in total. The summed E-state index contributed by atoms with van der Waals surface area (Å²) in [6, 6.07) is 55.2. The second kappa shape index (κ2) is 11.2. The Morgan fingerprint density at radius 3 is 1.76 bits per heavy atom. The minimum Gasteiger partial charge on any atom is -0.236 e. The van der Waals surface area contributed by atoms with Gasteiger partial charge >= 0.3 is 0 Å². The van der Waals surface area contributed by atoms with Gasteiger partial charge in [0.1, 0.15) is 5.01 Å². The Morgan fingerprint density at radius 2 is 0.939 bits per heavy atom. The number of thiazole rings is 1. The van der Waals surface area contributed by atoms with Crippen LogP contribution in [-0.4, -0.2) is 19.9 Å². The third-order valence-electron chi connectivity index (χ3n) is 9.30. The van der Waals surface area contributed by atoms with Crippen molar-refractivity contribution in [2.24, 2.45) is 0 Å². The van der Waals surface area contributed by atoms with E-state index in [0.717, 1.165) is 54.3 Å². The molecule has 0 N–H and O–H groups in total. The molecule has 0 atom stereocenters. The van der Waals surface area contributed by atoms with Crippen LogP contribution in [0.3, 0.4) is 0 Å². The molecule has 10 rings (SSSR count). The van der Waals surface area contributed by atoms with Gasteiger partial charge in [0, 0.05) is 27.6 Å². The van der Waals surface area contributed by atoms with Crippen LogP contribution in [0.15, 0.2) is 158 Å². The molecule has 8 aromatic carbocycles. The molecule has 0 fully saturated rings. The maximum Gasteiger partial charge on any atom is 0.164 e. The number of hydrogen-bond donors (Lipinski definition) is 0. The highest BCUT2D eigenvalue weighted by atomic mass is 32.1. The Bertz CT molecular complexity index is 2890. The molecule has 0 aliphatic heterocycles. The summed E-state index contributed by atoms with van der Waals surface area (Å²) < 4.78 is 1.18. The summed E-state index contributed by atoms with van der Waals surface area (Å²) in [5.74, 6) is 1.94. The highest BCUT2D eigenvalue weighted by Gasteiger charge is 2.17. The van der Waals surface area contributed by atoms with Gasteiger partial charge < -0.3 is 0 Å². The van der Waals surface area contributed by atoms with Crippen molar-refractivity contribution < 1.29 is 0 Å². The average molecular weight is 643 g/mol. The van der Waals surface area contributed by atoms with Gasteiger partial charge in [-0.1, -0.05) is 133 Å². The summed E-state index contributed by atoms with van der Waals surface area (Å²) in [4.78, 5) is 20.5. The molecule has 0 saturated carbocycles. The molecule has 0 aliphatic rings. The normalized spacial score (nSPS) is 11.7. The Morgan fingerprint density at radius 1 is 0.347 bits per heavy atom. The molecule has 0 unspecified atom stereocenters. The molecule has 0 bridgehead atoms. The van der Waals surface area contributed by atoms with Gasteiger partial charge in [-0.25, -0.2) is 19.9 Å². The van der Waals surface area contributed by atoms with Crippen molar-refractivity contribution in [3.05, 3.63) is 158 Å². The molecule has 228 valence electrons. The molecule has 10 aromatic rings. The Hall–Kier alpha value is -6.30. The standard InChI is InChI=1S/C44H26N4S/c1-2-11-28(12-3-1)44-45-39-23-21-31-25-33(20-22-35(31)40(39)49-44)42-46-41(32-19-18-27-10-4-5-13-29(27)24-32)47-43(48-42)38-26-30-14-6-7-15-34(30)36-16-8-9-17-37(36)38/h1-26H. The van der Waals surface area contributed by atoms with Crippen LogP contribution in [0.5, 0.6) is 0 Å². The summed E-state index contributed by atoms with van der Waals surface area (Å²) in [6.45, 7) is 0. The second-order valence-electron chi connectivity index (χ2n) is 12.3. The largest absolute Gasteiger partial charge is 0.236 e. The summed E-state index contributed by atoms with van der Waals surface area (Å²) in [5, 5.41) is 10.3. The van der Waals surface area contributed by atoms with Gasteiger partial charge in [-0.3, -0.25) is 0 Å². The summed E-state index contributed by atoms with van der Waals surface area (Å²) in [7, 11) is 0. The first-order valence-corrected chi connectivity index (χ1v) is 17.1. The van der Waals surface area contributed by atoms with Crippen molar-refractivity contribution in [3.63, 3.8) is 0 Å². The molecule has 0 saturated heterocycles. The molecule has 0 spiro atoms. The van der Waals surface area contributed by atoms with Gasteiger partial charge in [0.05, 0.1) is 10.2 Å². The van der Waals surface area contributed by atoms with Crippen LogP contribution < -0.4 is 0 Å². The van der Waals surface area contributed by atoms with E-state index in [-0.39, 0.29) is 0 Å². The van der Waals surface area contributed by atoms with Crippen molar-refractivity contribution in [1.82, 2.24) is 19.9 Å². The molecular weight excluding hydrogens is 617 g/mol. The van der Waals surface area contributed by atoms with Crippen LogP contribution in [0.2, 0.25) is 0 Å². The quantitative estimate of drug-likeness (QED) is 0.179. The van der Waals surface area contributed by atoms with Crippen molar-refractivity contribution in [2.75, 3.05) is 0 Å². The first kappa shape index (κ1) is 27.8. The first-order chi connectivity index (χ1) is 24.2. The number of aromatic nitrogens is 4. The zero-order valence-corrected chi connectivity index (χ0v) is 27.0. The highest BCUT2D eigenvalue weighted by molar-refractivity contribution is 7.22. The SMILES string of the molecule is c1ccc(-c2nc3ccc4cc(-c5nc(-c6ccc7ccccc7c6)nc(-c6cc7ccccc7c7ccccc67)n5)ccc4c3s2)cc1. The molecule has 0 radical (unpaired) electrons. The maximum atomic E-state index is 5.20. The maximum absolute atomic E-state index is 5.20. The van der Waals surface area contributed by atoms with Gasteiger partial charge in [0.25, 0.3) is 0 Å². The molecular formula is C44H26N4S. The van der Waals surface area contributed by atoms with Gasteiger partial charge in [-0.15, -0.1) is 11.3 Å². The predicted molar refractivity (Wildman–Crippen MR) is 205 cm³/mol. The molecule has 2 heterocycles. The zero-order chi connectivity index (χ0) is 32.3.